The first-order valence-electron chi connectivity index (χ1n) is 8.62. The van der Waals surface area contributed by atoms with E-state index in [4.69, 9.17) is 9.47 Å². The maximum Gasteiger partial charge on any atom is 0.251 e. The first-order chi connectivity index (χ1) is 11.9. The van der Waals surface area contributed by atoms with Crippen LogP contribution in [-0.2, 0) is 10.0 Å². The summed E-state index contributed by atoms with van der Waals surface area (Å²) in [5, 5.41) is 2.64. The summed E-state index contributed by atoms with van der Waals surface area (Å²) in [7, 11) is -3.41. The minimum atomic E-state index is -3.41. The van der Waals surface area contributed by atoms with Crippen LogP contribution in [0.5, 0.6) is 11.5 Å². The predicted molar refractivity (Wildman–Crippen MR) is 93.2 cm³/mol. The Kier molecular flexibility index (Phi) is 5.48. The van der Waals surface area contributed by atoms with Crippen LogP contribution in [0.15, 0.2) is 18.2 Å². The number of hydrogen-bond acceptors (Lipinski definition) is 5. The number of ether oxygens (including phenoxy) is 2. The van der Waals surface area contributed by atoms with E-state index in [1.54, 1.807) is 18.2 Å². The summed E-state index contributed by atoms with van der Waals surface area (Å²) in [6, 6.07) is 4.89. The van der Waals surface area contributed by atoms with Crippen molar-refractivity contribution < 1.29 is 22.7 Å². The number of sulfonamides is 1. The summed E-state index contributed by atoms with van der Waals surface area (Å²) in [6.45, 7) is 2.28. The van der Waals surface area contributed by atoms with Crippen molar-refractivity contribution in [2.24, 2.45) is 5.92 Å². The van der Waals surface area contributed by atoms with E-state index in [-0.39, 0.29) is 31.0 Å². The van der Waals surface area contributed by atoms with Crippen LogP contribution in [-0.4, -0.2) is 39.5 Å². The average Bonchev–Trinajstić information content (AvgIpc) is 3.04. The molecule has 1 aliphatic heterocycles. The third kappa shape index (κ3) is 4.64. The topological polar surface area (TPSA) is 93.7 Å². The molecule has 2 atom stereocenters. The highest BCUT2D eigenvalue weighted by Gasteiger charge is 2.25. The standard InChI is InChI=1S/C17H24N2O5S/c1-12-4-2-3-5-14(12)19-25(21,22)9-8-18-17(20)13-6-7-15-16(10-13)24-11-23-15/h6-7,10,12,14,19H,2-5,8-9,11H2,1H3,(H,18,20)/t12-,14-/m1/s1. The second kappa shape index (κ2) is 7.61. The van der Waals surface area contributed by atoms with E-state index in [2.05, 4.69) is 17.0 Å². The Morgan fingerprint density at radius 1 is 1.20 bits per heavy atom. The number of amides is 1. The first-order valence-corrected chi connectivity index (χ1v) is 10.3. The second-order valence-corrected chi connectivity index (χ2v) is 8.50. The summed E-state index contributed by atoms with van der Waals surface area (Å²) in [6.07, 6.45) is 4.14. The second-order valence-electron chi connectivity index (χ2n) is 6.63. The van der Waals surface area contributed by atoms with E-state index in [1.165, 1.54) is 0 Å². The van der Waals surface area contributed by atoms with E-state index >= 15 is 0 Å². The lowest BCUT2D eigenvalue weighted by Crippen LogP contribution is -2.43. The molecule has 1 amide bonds. The molecule has 7 nitrogen and oxygen atoms in total. The maximum absolute atomic E-state index is 12.2. The summed E-state index contributed by atoms with van der Waals surface area (Å²) in [5.41, 5.74) is 0.413. The number of benzene rings is 1. The maximum atomic E-state index is 12.2. The van der Waals surface area contributed by atoms with Crippen molar-refractivity contribution in [3.63, 3.8) is 0 Å². The summed E-state index contributed by atoms with van der Waals surface area (Å²) >= 11 is 0. The average molecular weight is 368 g/mol. The highest BCUT2D eigenvalue weighted by molar-refractivity contribution is 7.89. The first kappa shape index (κ1) is 18.0. The summed E-state index contributed by atoms with van der Waals surface area (Å²) in [4.78, 5) is 12.1. The fourth-order valence-electron chi connectivity index (χ4n) is 3.22. The third-order valence-electron chi connectivity index (χ3n) is 4.73. The van der Waals surface area contributed by atoms with Gasteiger partial charge in [-0.3, -0.25) is 4.79 Å². The summed E-state index contributed by atoms with van der Waals surface area (Å²) in [5.74, 6) is 1.01. The van der Waals surface area contributed by atoms with Gasteiger partial charge in [-0.1, -0.05) is 19.8 Å². The van der Waals surface area contributed by atoms with Gasteiger partial charge in [-0.15, -0.1) is 0 Å². The zero-order valence-electron chi connectivity index (χ0n) is 14.3. The van der Waals surface area contributed by atoms with E-state index in [1.807, 2.05) is 0 Å². The zero-order valence-corrected chi connectivity index (χ0v) is 15.1. The molecule has 0 spiro atoms. The molecule has 25 heavy (non-hydrogen) atoms. The van der Waals surface area contributed by atoms with E-state index in [9.17, 15) is 13.2 Å². The Bertz CT molecular complexity index is 735. The van der Waals surface area contributed by atoms with Crippen molar-refractivity contribution in [1.29, 1.82) is 0 Å². The molecule has 1 aliphatic carbocycles. The smallest absolute Gasteiger partial charge is 0.251 e. The molecule has 0 bridgehead atoms. The lowest BCUT2D eigenvalue weighted by atomic mass is 9.87. The highest BCUT2D eigenvalue weighted by atomic mass is 32.2. The fraction of sp³-hybridized carbons (Fsp3) is 0.588. The van der Waals surface area contributed by atoms with Crippen molar-refractivity contribution in [2.45, 2.75) is 38.6 Å². The van der Waals surface area contributed by atoms with Crippen LogP contribution < -0.4 is 19.5 Å². The van der Waals surface area contributed by atoms with Gasteiger partial charge in [-0.25, -0.2) is 13.1 Å². The molecule has 138 valence electrons. The highest BCUT2D eigenvalue weighted by Crippen LogP contribution is 2.32. The van der Waals surface area contributed by atoms with Crippen LogP contribution in [0.4, 0.5) is 0 Å². The molecule has 1 heterocycles. The molecule has 2 N–H and O–H groups in total. The van der Waals surface area contributed by atoms with Gasteiger partial charge in [0.25, 0.3) is 5.91 Å². The van der Waals surface area contributed by atoms with Crippen molar-refractivity contribution in [2.75, 3.05) is 19.1 Å². The van der Waals surface area contributed by atoms with Gasteiger partial charge in [0.1, 0.15) is 0 Å². The Hall–Kier alpha value is -1.80. The molecule has 1 aromatic carbocycles. The molecule has 0 unspecified atom stereocenters. The van der Waals surface area contributed by atoms with Gasteiger partial charge in [0, 0.05) is 18.2 Å². The van der Waals surface area contributed by atoms with Crippen LogP contribution in [0.1, 0.15) is 43.0 Å². The van der Waals surface area contributed by atoms with Crippen LogP contribution in [0.25, 0.3) is 0 Å². The van der Waals surface area contributed by atoms with Gasteiger partial charge in [0.05, 0.1) is 5.75 Å². The Morgan fingerprint density at radius 2 is 1.96 bits per heavy atom. The van der Waals surface area contributed by atoms with E-state index < -0.39 is 10.0 Å². The molecule has 1 saturated carbocycles. The lowest BCUT2D eigenvalue weighted by Gasteiger charge is -2.29. The molecular formula is C17H24N2O5S. The minimum Gasteiger partial charge on any atom is -0.454 e. The van der Waals surface area contributed by atoms with Gasteiger partial charge in [0.2, 0.25) is 16.8 Å². The monoisotopic (exact) mass is 368 g/mol. The number of nitrogens with one attached hydrogen (secondary N) is 2. The minimum absolute atomic E-state index is 0.00307. The third-order valence-corrected chi connectivity index (χ3v) is 6.14. The molecule has 3 rings (SSSR count). The van der Waals surface area contributed by atoms with Crippen molar-refractivity contribution >= 4 is 15.9 Å². The number of rotatable bonds is 6. The van der Waals surface area contributed by atoms with Gasteiger partial charge in [0.15, 0.2) is 11.5 Å². The molecular weight excluding hydrogens is 344 g/mol. The number of hydrogen-bond donors (Lipinski definition) is 2. The van der Waals surface area contributed by atoms with Crippen LogP contribution >= 0.6 is 0 Å². The van der Waals surface area contributed by atoms with Gasteiger partial charge >= 0.3 is 0 Å². The van der Waals surface area contributed by atoms with Crippen molar-refractivity contribution in [1.82, 2.24) is 10.0 Å². The van der Waals surface area contributed by atoms with Gasteiger partial charge in [-0.05, 0) is 37.0 Å². The van der Waals surface area contributed by atoms with E-state index in [0.717, 1.165) is 25.7 Å². The quantitative estimate of drug-likeness (QED) is 0.796. The molecule has 0 radical (unpaired) electrons. The molecule has 1 fully saturated rings. The Balaban J connectivity index is 1.49. The van der Waals surface area contributed by atoms with E-state index in [0.29, 0.717) is 23.0 Å². The Morgan fingerprint density at radius 3 is 2.76 bits per heavy atom. The zero-order chi connectivity index (χ0) is 17.9. The molecule has 2 aliphatic rings. The lowest BCUT2D eigenvalue weighted by molar-refractivity contribution is 0.0955. The molecule has 1 aromatic rings. The Labute approximate surface area is 148 Å². The van der Waals surface area contributed by atoms with Gasteiger partial charge < -0.3 is 14.8 Å². The molecule has 0 saturated heterocycles. The fourth-order valence-corrected chi connectivity index (χ4v) is 4.52. The van der Waals surface area contributed by atoms with Crippen molar-refractivity contribution in [3.8, 4) is 11.5 Å². The number of carbonyl (C=O) groups excluding carboxylic acids is 1. The van der Waals surface area contributed by atoms with Crippen LogP contribution in [0.2, 0.25) is 0 Å². The number of fused-ring (bicyclic) bond motifs is 1. The van der Waals surface area contributed by atoms with Gasteiger partial charge in [-0.2, -0.15) is 0 Å². The largest absolute Gasteiger partial charge is 0.454 e. The van der Waals surface area contributed by atoms with Crippen LogP contribution in [0, 0.1) is 5.92 Å². The predicted octanol–water partition coefficient (Wildman–Crippen LogP) is 1.64. The normalized spacial score (nSPS) is 22.6. The number of carbonyl (C=O) groups is 1. The molecule has 8 heteroatoms. The summed E-state index contributed by atoms with van der Waals surface area (Å²) < 4.78 is 37.6. The van der Waals surface area contributed by atoms with Crippen LogP contribution in [0.3, 0.4) is 0 Å². The SMILES string of the molecule is C[C@@H]1CCCC[C@H]1NS(=O)(=O)CCNC(=O)c1ccc2c(c1)OCO2. The molecule has 0 aromatic heterocycles. The van der Waals surface area contributed by atoms with Crippen molar-refractivity contribution in [3.05, 3.63) is 23.8 Å².